The quantitative estimate of drug-likeness (QED) is 0.171. The largest absolute Gasteiger partial charge is 0.455 e. The van der Waals surface area contributed by atoms with Gasteiger partial charge >= 0.3 is 0 Å². The molecule has 0 aliphatic rings. The Balaban J connectivity index is 1.07. The van der Waals surface area contributed by atoms with E-state index in [1.54, 1.807) is 6.20 Å². The number of aromatic nitrogens is 3. The van der Waals surface area contributed by atoms with Crippen molar-refractivity contribution in [3.63, 3.8) is 0 Å². The molecule has 0 fully saturated rings. The van der Waals surface area contributed by atoms with E-state index in [0.29, 0.717) is 5.82 Å². The van der Waals surface area contributed by atoms with Gasteiger partial charge in [0.15, 0.2) is 5.82 Å². The van der Waals surface area contributed by atoms with Crippen LogP contribution in [0.2, 0.25) is 0 Å². The standard InChI is InChI=1S/C51H31N3OS/c1-2-10-35(11-3-1)43-30-44(54-51(53-43)36-25-23-33(24-26-36)32-19-21-34(22-20-32)37-12-9-29-52-31-37)40-28-27-39(50-49(40)41-13-4-6-16-45(41)55-50)38-15-8-18-47-48(38)42-14-5-7-17-46(42)56-47/h1-31H. The highest BCUT2D eigenvalue weighted by atomic mass is 32.1. The van der Waals surface area contributed by atoms with Crippen LogP contribution in [0.3, 0.4) is 0 Å². The zero-order chi connectivity index (χ0) is 37.0. The molecule has 56 heavy (non-hydrogen) atoms. The lowest BCUT2D eigenvalue weighted by Crippen LogP contribution is -1.96. The lowest BCUT2D eigenvalue weighted by atomic mass is 9.94. The molecule has 4 aromatic heterocycles. The number of furan rings is 1. The molecular weight excluding hydrogens is 703 g/mol. The van der Waals surface area contributed by atoms with Gasteiger partial charge in [-0.15, -0.1) is 11.3 Å². The second-order valence-electron chi connectivity index (χ2n) is 14.0. The third kappa shape index (κ3) is 5.48. The molecule has 0 bridgehead atoms. The fraction of sp³-hybridized carbons (Fsp3) is 0. The average molecular weight is 734 g/mol. The Labute approximate surface area is 327 Å². The summed E-state index contributed by atoms with van der Waals surface area (Å²) in [7, 11) is 0. The van der Waals surface area contributed by atoms with Gasteiger partial charge in [-0.25, -0.2) is 9.97 Å². The fourth-order valence-electron chi connectivity index (χ4n) is 7.92. The minimum atomic E-state index is 0.666. The van der Waals surface area contributed by atoms with Gasteiger partial charge < -0.3 is 4.42 Å². The van der Waals surface area contributed by atoms with Crippen LogP contribution in [-0.4, -0.2) is 15.0 Å². The van der Waals surface area contributed by atoms with Gasteiger partial charge in [0.1, 0.15) is 11.2 Å². The van der Waals surface area contributed by atoms with Gasteiger partial charge in [0.25, 0.3) is 0 Å². The Kier molecular flexibility index (Phi) is 7.64. The van der Waals surface area contributed by atoms with Gasteiger partial charge in [-0.05, 0) is 64.2 Å². The molecule has 0 aliphatic carbocycles. The molecule has 11 aromatic rings. The van der Waals surface area contributed by atoms with Crippen molar-refractivity contribution < 1.29 is 4.42 Å². The summed E-state index contributed by atoms with van der Waals surface area (Å²) in [5, 5.41) is 4.62. The third-order valence-corrected chi connectivity index (χ3v) is 11.8. The first-order chi connectivity index (χ1) is 27.7. The molecule has 4 heterocycles. The van der Waals surface area contributed by atoms with Crippen LogP contribution >= 0.6 is 11.3 Å². The van der Waals surface area contributed by atoms with E-state index in [1.807, 2.05) is 35.7 Å². The first-order valence-electron chi connectivity index (χ1n) is 18.7. The molecule has 262 valence electrons. The molecule has 11 rings (SSSR count). The van der Waals surface area contributed by atoms with Crippen molar-refractivity contribution in [1.29, 1.82) is 0 Å². The Hall–Kier alpha value is -7.21. The van der Waals surface area contributed by atoms with E-state index in [-0.39, 0.29) is 0 Å². The van der Waals surface area contributed by atoms with Crippen molar-refractivity contribution in [2.45, 2.75) is 0 Å². The van der Waals surface area contributed by atoms with Gasteiger partial charge in [-0.3, -0.25) is 4.98 Å². The van der Waals surface area contributed by atoms with Gasteiger partial charge in [0.05, 0.1) is 11.4 Å². The van der Waals surface area contributed by atoms with Crippen LogP contribution in [0.1, 0.15) is 0 Å². The summed E-state index contributed by atoms with van der Waals surface area (Å²) in [6.45, 7) is 0. The minimum Gasteiger partial charge on any atom is -0.455 e. The van der Waals surface area contributed by atoms with Gasteiger partial charge in [0.2, 0.25) is 0 Å². The monoisotopic (exact) mass is 733 g/mol. The number of rotatable bonds is 6. The molecule has 0 unspecified atom stereocenters. The van der Waals surface area contributed by atoms with Crippen LogP contribution in [0.25, 0.3) is 109 Å². The number of hydrogen-bond acceptors (Lipinski definition) is 5. The maximum atomic E-state index is 6.81. The van der Waals surface area contributed by atoms with Gasteiger partial charge in [0, 0.05) is 65.6 Å². The number of thiophene rings is 1. The SMILES string of the molecule is c1ccc(-c2cc(-c3ccc(-c4cccc5sc6ccccc6c45)c4oc5ccccc5c34)nc(-c3ccc(-c4ccc(-c5cccnc5)cc4)cc3)n2)cc1. The van der Waals surface area contributed by atoms with Crippen molar-refractivity contribution in [3.8, 4) is 67.3 Å². The number of para-hydroxylation sites is 1. The molecule has 5 heteroatoms. The molecular formula is C51H31N3OS. The molecule has 0 atom stereocenters. The summed E-state index contributed by atoms with van der Waals surface area (Å²) < 4.78 is 9.35. The van der Waals surface area contributed by atoms with E-state index < -0.39 is 0 Å². The van der Waals surface area contributed by atoms with Crippen LogP contribution in [0, 0.1) is 0 Å². The molecule has 0 spiro atoms. The van der Waals surface area contributed by atoms with Crippen molar-refractivity contribution in [2.75, 3.05) is 0 Å². The third-order valence-electron chi connectivity index (χ3n) is 10.6. The lowest BCUT2D eigenvalue weighted by molar-refractivity contribution is 0.670. The summed E-state index contributed by atoms with van der Waals surface area (Å²) in [5.41, 5.74) is 13.1. The second-order valence-corrected chi connectivity index (χ2v) is 15.0. The summed E-state index contributed by atoms with van der Waals surface area (Å²) in [4.78, 5) is 14.7. The lowest BCUT2D eigenvalue weighted by Gasteiger charge is -2.12. The van der Waals surface area contributed by atoms with E-state index in [4.69, 9.17) is 14.4 Å². The van der Waals surface area contributed by atoms with Crippen molar-refractivity contribution in [2.24, 2.45) is 0 Å². The molecule has 0 radical (unpaired) electrons. The highest BCUT2D eigenvalue weighted by molar-refractivity contribution is 7.25. The summed E-state index contributed by atoms with van der Waals surface area (Å²) in [5.74, 6) is 0.666. The molecule has 0 saturated heterocycles. The maximum Gasteiger partial charge on any atom is 0.160 e. The zero-order valence-corrected chi connectivity index (χ0v) is 30.9. The van der Waals surface area contributed by atoms with Crippen molar-refractivity contribution in [1.82, 2.24) is 15.0 Å². The number of hydrogen-bond donors (Lipinski definition) is 0. The molecule has 0 saturated carbocycles. The Bertz CT molecular complexity index is 3220. The smallest absolute Gasteiger partial charge is 0.160 e. The van der Waals surface area contributed by atoms with Gasteiger partial charge in [-0.2, -0.15) is 0 Å². The van der Waals surface area contributed by atoms with Crippen LogP contribution in [0.4, 0.5) is 0 Å². The Morgan fingerprint density at radius 1 is 0.411 bits per heavy atom. The van der Waals surface area contributed by atoms with Crippen molar-refractivity contribution in [3.05, 3.63) is 188 Å². The maximum absolute atomic E-state index is 6.81. The Morgan fingerprint density at radius 2 is 1.05 bits per heavy atom. The van der Waals surface area contributed by atoms with Crippen molar-refractivity contribution >= 4 is 53.4 Å². The number of nitrogens with zero attached hydrogens (tertiary/aromatic N) is 3. The van der Waals surface area contributed by atoms with E-state index in [9.17, 15) is 0 Å². The summed E-state index contributed by atoms with van der Waals surface area (Å²) in [6, 6.07) is 61.6. The molecule has 7 aromatic carbocycles. The van der Waals surface area contributed by atoms with Crippen LogP contribution in [0.15, 0.2) is 193 Å². The molecule has 0 N–H and O–H groups in total. The highest BCUT2D eigenvalue weighted by Crippen LogP contribution is 2.46. The number of pyridine rings is 1. The average Bonchev–Trinajstić information content (AvgIpc) is 3.86. The van der Waals surface area contributed by atoms with E-state index >= 15 is 0 Å². The number of benzene rings is 7. The van der Waals surface area contributed by atoms with Crippen LogP contribution in [0.5, 0.6) is 0 Å². The van der Waals surface area contributed by atoms with Crippen LogP contribution in [-0.2, 0) is 0 Å². The van der Waals surface area contributed by atoms with E-state index in [1.165, 1.54) is 20.2 Å². The summed E-state index contributed by atoms with van der Waals surface area (Å²) >= 11 is 1.83. The molecule has 0 amide bonds. The Morgan fingerprint density at radius 3 is 1.84 bits per heavy atom. The molecule has 4 nitrogen and oxygen atoms in total. The van der Waals surface area contributed by atoms with E-state index in [2.05, 4.69) is 163 Å². The van der Waals surface area contributed by atoms with Crippen LogP contribution < -0.4 is 0 Å². The highest BCUT2D eigenvalue weighted by Gasteiger charge is 2.21. The predicted molar refractivity (Wildman–Crippen MR) is 233 cm³/mol. The summed E-state index contributed by atoms with van der Waals surface area (Å²) in [6.07, 6.45) is 3.69. The van der Waals surface area contributed by atoms with E-state index in [0.717, 1.165) is 83.4 Å². The number of fused-ring (bicyclic) bond motifs is 6. The topological polar surface area (TPSA) is 51.8 Å². The first kappa shape index (κ1) is 32.2. The van der Waals surface area contributed by atoms with Gasteiger partial charge in [-0.1, -0.05) is 140 Å². The zero-order valence-electron chi connectivity index (χ0n) is 30.1. The minimum absolute atomic E-state index is 0.666. The molecule has 0 aliphatic heterocycles. The first-order valence-corrected chi connectivity index (χ1v) is 19.5. The predicted octanol–water partition coefficient (Wildman–Crippen LogP) is 14.1. The normalized spacial score (nSPS) is 11.6. The fourth-order valence-corrected chi connectivity index (χ4v) is 9.06. The second kappa shape index (κ2) is 13.3.